The van der Waals surface area contributed by atoms with E-state index >= 15 is 0 Å². The van der Waals surface area contributed by atoms with Crippen LogP contribution in [0.4, 0.5) is 5.69 Å². The van der Waals surface area contributed by atoms with Crippen molar-refractivity contribution in [3.05, 3.63) is 35.9 Å². The molecule has 0 radical (unpaired) electrons. The Bertz CT molecular complexity index is 580. The van der Waals surface area contributed by atoms with Gasteiger partial charge in [-0.25, -0.2) is 0 Å². The summed E-state index contributed by atoms with van der Waals surface area (Å²) in [5, 5.41) is 2.85. The first-order valence-electron chi connectivity index (χ1n) is 6.99. The Morgan fingerprint density at radius 1 is 1.32 bits per heavy atom. The summed E-state index contributed by atoms with van der Waals surface area (Å²) in [4.78, 5) is 26.2. The molecule has 0 spiro atoms. The summed E-state index contributed by atoms with van der Waals surface area (Å²) < 4.78 is 5.08. The van der Waals surface area contributed by atoms with E-state index in [1.807, 2.05) is 13.8 Å². The van der Waals surface area contributed by atoms with E-state index in [-0.39, 0.29) is 11.8 Å². The van der Waals surface area contributed by atoms with Gasteiger partial charge >= 0.3 is 0 Å². The molecule has 1 aromatic carbocycles. The molecule has 22 heavy (non-hydrogen) atoms. The van der Waals surface area contributed by atoms with Crippen LogP contribution in [0.5, 0.6) is 5.75 Å². The molecule has 1 heterocycles. The molecule has 5 nitrogen and oxygen atoms in total. The van der Waals surface area contributed by atoms with Crippen molar-refractivity contribution in [3.63, 3.8) is 0 Å². The second-order valence-corrected chi connectivity index (χ2v) is 6.26. The summed E-state index contributed by atoms with van der Waals surface area (Å²) in [6, 6.07) is 6.69. The van der Waals surface area contributed by atoms with Crippen LogP contribution in [0.2, 0.25) is 0 Å². The maximum atomic E-state index is 12.4. The second kappa shape index (κ2) is 7.35. The first-order valence-corrected chi connectivity index (χ1v) is 8.15. The van der Waals surface area contributed by atoms with Gasteiger partial charge < -0.3 is 15.0 Å². The number of amides is 2. The molecule has 2 amide bonds. The van der Waals surface area contributed by atoms with Gasteiger partial charge in [0.15, 0.2) is 0 Å². The molecule has 1 aromatic rings. The standard InChI is InChI=1S/C16H20N2O3S/c1-11(2)8-15(19)18-10-22-9-14(18)16(20)17-12-4-6-13(21-3)7-5-12/h4-8,14H,9-10H2,1-3H3,(H,17,20)/t14-/m1/s1. The Morgan fingerprint density at radius 2 is 2.00 bits per heavy atom. The molecule has 0 aromatic heterocycles. The monoisotopic (exact) mass is 320 g/mol. The number of anilines is 1. The van der Waals surface area contributed by atoms with E-state index in [2.05, 4.69) is 5.32 Å². The molecule has 1 aliphatic heterocycles. The number of carbonyl (C=O) groups is 2. The largest absolute Gasteiger partial charge is 0.497 e. The smallest absolute Gasteiger partial charge is 0.248 e. The number of methoxy groups -OCH3 is 1. The number of nitrogens with one attached hydrogen (secondary N) is 1. The molecule has 1 N–H and O–H groups in total. The van der Waals surface area contributed by atoms with Gasteiger partial charge in [-0.05, 0) is 38.1 Å². The number of nitrogens with zero attached hydrogens (tertiary/aromatic N) is 1. The van der Waals surface area contributed by atoms with Crippen LogP contribution in [0.3, 0.4) is 0 Å². The van der Waals surface area contributed by atoms with E-state index in [9.17, 15) is 9.59 Å². The van der Waals surface area contributed by atoms with E-state index in [1.54, 1.807) is 54.1 Å². The van der Waals surface area contributed by atoms with E-state index in [1.165, 1.54) is 0 Å². The highest BCUT2D eigenvalue weighted by molar-refractivity contribution is 7.99. The zero-order chi connectivity index (χ0) is 16.1. The van der Waals surface area contributed by atoms with E-state index in [4.69, 9.17) is 4.74 Å². The van der Waals surface area contributed by atoms with Gasteiger partial charge in [0.05, 0.1) is 13.0 Å². The molecule has 2 rings (SSSR count). The lowest BCUT2D eigenvalue weighted by molar-refractivity contribution is -0.132. The van der Waals surface area contributed by atoms with Gasteiger partial charge in [-0.1, -0.05) is 5.57 Å². The van der Waals surface area contributed by atoms with Crippen molar-refractivity contribution in [3.8, 4) is 5.75 Å². The summed E-state index contributed by atoms with van der Waals surface area (Å²) in [6.45, 7) is 3.74. The number of ether oxygens (including phenoxy) is 1. The highest BCUT2D eigenvalue weighted by atomic mass is 32.2. The third-order valence-electron chi connectivity index (χ3n) is 3.24. The normalized spacial score (nSPS) is 17.0. The van der Waals surface area contributed by atoms with Crippen LogP contribution in [-0.4, -0.2) is 41.5 Å². The Kier molecular flexibility index (Phi) is 5.49. The zero-order valence-electron chi connectivity index (χ0n) is 13.0. The fourth-order valence-corrected chi connectivity index (χ4v) is 3.27. The molecule has 1 aliphatic rings. The Labute approximate surface area is 134 Å². The first-order chi connectivity index (χ1) is 10.5. The molecule has 0 bridgehead atoms. The van der Waals surface area contributed by atoms with Crippen LogP contribution in [0.25, 0.3) is 0 Å². The number of rotatable bonds is 4. The number of hydrogen-bond acceptors (Lipinski definition) is 4. The van der Waals surface area contributed by atoms with Crippen molar-refractivity contribution < 1.29 is 14.3 Å². The molecule has 1 fully saturated rings. The predicted molar refractivity (Wildman–Crippen MR) is 89.0 cm³/mol. The van der Waals surface area contributed by atoms with Crippen molar-refractivity contribution >= 4 is 29.3 Å². The number of thioether (sulfide) groups is 1. The Hall–Kier alpha value is -1.95. The molecule has 1 saturated heterocycles. The molecule has 6 heteroatoms. The molecular formula is C16H20N2O3S. The molecule has 118 valence electrons. The lowest BCUT2D eigenvalue weighted by atomic mass is 10.2. The quantitative estimate of drug-likeness (QED) is 0.866. The van der Waals surface area contributed by atoms with Crippen molar-refractivity contribution in [1.29, 1.82) is 0 Å². The Balaban J connectivity index is 2.04. The van der Waals surface area contributed by atoms with E-state index in [0.717, 1.165) is 11.3 Å². The summed E-state index contributed by atoms with van der Waals surface area (Å²) >= 11 is 1.59. The minimum absolute atomic E-state index is 0.111. The number of hydrogen-bond donors (Lipinski definition) is 1. The van der Waals surface area contributed by atoms with Crippen LogP contribution in [0.1, 0.15) is 13.8 Å². The SMILES string of the molecule is COc1ccc(NC(=O)[C@H]2CSCN2C(=O)C=C(C)C)cc1. The third-order valence-corrected chi connectivity index (χ3v) is 4.25. The van der Waals surface area contributed by atoms with Gasteiger partial charge in [-0.3, -0.25) is 9.59 Å². The highest BCUT2D eigenvalue weighted by Crippen LogP contribution is 2.23. The van der Waals surface area contributed by atoms with Gasteiger partial charge in [0.25, 0.3) is 0 Å². The van der Waals surface area contributed by atoms with Gasteiger partial charge in [0.1, 0.15) is 11.8 Å². The van der Waals surface area contributed by atoms with Gasteiger partial charge in [-0.2, -0.15) is 0 Å². The van der Waals surface area contributed by atoms with Gasteiger partial charge in [-0.15, -0.1) is 11.8 Å². The minimum Gasteiger partial charge on any atom is -0.497 e. The maximum absolute atomic E-state index is 12.4. The van der Waals surface area contributed by atoms with Crippen molar-refractivity contribution in [2.75, 3.05) is 24.1 Å². The molecule has 0 aliphatic carbocycles. The van der Waals surface area contributed by atoms with Crippen LogP contribution in [0.15, 0.2) is 35.9 Å². The number of allylic oxidation sites excluding steroid dienone is 1. The zero-order valence-corrected chi connectivity index (χ0v) is 13.8. The molecule has 0 unspecified atom stereocenters. The topological polar surface area (TPSA) is 58.6 Å². The fourth-order valence-electron chi connectivity index (χ4n) is 2.11. The minimum atomic E-state index is -0.435. The predicted octanol–water partition coefficient (Wildman–Crippen LogP) is 2.50. The van der Waals surface area contributed by atoms with Crippen LogP contribution >= 0.6 is 11.8 Å². The van der Waals surface area contributed by atoms with Crippen LogP contribution in [-0.2, 0) is 9.59 Å². The van der Waals surface area contributed by atoms with Crippen LogP contribution in [0, 0.1) is 0 Å². The lowest BCUT2D eigenvalue weighted by Crippen LogP contribution is -2.44. The van der Waals surface area contributed by atoms with E-state index < -0.39 is 6.04 Å². The van der Waals surface area contributed by atoms with Gasteiger partial charge in [0.2, 0.25) is 11.8 Å². The summed E-state index contributed by atoms with van der Waals surface area (Å²) in [5.74, 6) is 1.62. The first kappa shape index (κ1) is 16.4. The number of carbonyl (C=O) groups excluding carboxylic acids is 2. The molecule has 1 atom stereocenters. The van der Waals surface area contributed by atoms with Gasteiger partial charge in [0, 0.05) is 17.5 Å². The average Bonchev–Trinajstić information content (AvgIpc) is 2.97. The van der Waals surface area contributed by atoms with E-state index in [0.29, 0.717) is 17.3 Å². The molecular weight excluding hydrogens is 300 g/mol. The van der Waals surface area contributed by atoms with Crippen molar-refractivity contribution in [2.45, 2.75) is 19.9 Å². The Morgan fingerprint density at radius 3 is 2.59 bits per heavy atom. The maximum Gasteiger partial charge on any atom is 0.248 e. The highest BCUT2D eigenvalue weighted by Gasteiger charge is 2.33. The second-order valence-electron chi connectivity index (χ2n) is 5.26. The fraction of sp³-hybridized carbons (Fsp3) is 0.375. The summed E-state index contributed by atoms with van der Waals surface area (Å²) in [7, 11) is 1.59. The average molecular weight is 320 g/mol. The van der Waals surface area contributed by atoms with Crippen LogP contribution < -0.4 is 10.1 Å². The summed E-state index contributed by atoms with van der Waals surface area (Å²) in [5.41, 5.74) is 1.62. The summed E-state index contributed by atoms with van der Waals surface area (Å²) in [6.07, 6.45) is 1.57. The number of benzene rings is 1. The molecule has 0 saturated carbocycles. The van der Waals surface area contributed by atoms with Crippen molar-refractivity contribution in [2.24, 2.45) is 0 Å². The van der Waals surface area contributed by atoms with Crippen molar-refractivity contribution in [1.82, 2.24) is 4.90 Å². The lowest BCUT2D eigenvalue weighted by Gasteiger charge is -2.22. The third kappa shape index (κ3) is 4.04.